The van der Waals surface area contributed by atoms with Crippen LogP contribution in [0.15, 0.2) is 24.3 Å². The van der Waals surface area contributed by atoms with E-state index in [2.05, 4.69) is 36.1 Å². The van der Waals surface area contributed by atoms with Gasteiger partial charge < -0.3 is 10.6 Å². The Morgan fingerprint density at radius 2 is 2.33 bits per heavy atom. The summed E-state index contributed by atoms with van der Waals surface area (Å²) in [5.41, 5.74) is 8.57. The summed E-state index contributed by atoms with van der Waals surface area (Å²) in [6.45, 7) is 4.17. The van der Waals surface area contributed by atoms with E-state index in [1.807, 2.05) is 0 Å². The maximum absolute atomic E-state index is 5.88. The molecule has 2 aliphatic rings. The third kappa shape index (κ3) is 1.44. The molecular weight excluding hydrogens is 184 g/mol. The summed E-state index contributed by atoms with van der Waals surface area (Å²) in [5, 5.41) is 0. The molecule has 0 radical (unpaired) electrons. The minimum Gasteiger partial charge on any atom is -0.367 e. The Bertz CT molecular complexity index is 375. The lowest BCUT2D eigenvalue weighted by Gasteiger charge is -2.28. The Balaban J connectivity index is 1.88. The fourth-order valence-corrected chi connectivity index (χ4v) is 2.98. The molecule has 1 aromatic carbocycles. The monoisotopic (exact) mass is 202 g/mol. The average molecular weight is 202 g/mol. The number of piperidine rings is 1. The number of hydrogen-bond acceptors (Lipinski definition) is 2. The van der Waals surface area contributed by atoms with Crippen molar-refractivity contribution in [1.29, 1.82) is 0 Å². The predicted molar refractivity (Wildman–Crippen MR) is 63.0 cm³/mol. The van der Waals surface area contributed by atoms with Crippen LogP contribution < -0.4 is 10.6 Å². The molecule has 1 heterocycles. The molecule has 1 aliphatic carbocycles. The van der Waals surface area contributed by atoms with E-state index in [-0.39, 0.29) is 0 Å². The predicted octanol–water partition coefficient (Wildman–Crippen LogP) is 1.78. The van der Waals surface area contributed by atoms with E-state index in [1.54, 1.807) is 0 Å². The van der Waals surface area contributed by atoms with E-state index in [1.165, 1.54) is 24.2 Å². The van der Waals surface area contributed by atoms with Crippen LogP contribution in [0.3, 0.4) is 0 Å². The molecule has 1 saturated heterocycles. The summed E-state index contributed by atoms with van der Waals surface area (Å²) in [6, 6.07) is 9.37. The normalized spacial score (nSPS) is 32.9. The highest BCUT2D eigenvalue weighted by Gasteiger charge is 2.51. The van der Waals surface area contributed by atoms with Crippen molar-refractivity contribution in [1.82, 2.24) is 0 Å². The lowest BCUT2D eigenvalue weighted by atomic mass is 10.1. The van der Waals surface area contributed by atoms with Crippen molar-refractivity contribution in [2.45, 2.75) is 19.4 Å². The van der Waals surface area contributed by atoms with Crippen LogP contribution in [0.25, 0.3) is 0 Å². The zero-order chi connectivity index (χ0) is 10.4. The summed E-state index contributed by atoms with van der Waals surface area (Å²) < 4.78 is 0. The zero-order valence-corrected chi connectivity index (χ0v) is 9.19. The molecule has 3 rings (SSSR count). The van der Waals surface area contributed by atoms with E-state index in [4.69, 9.17) is 5.73 Å². The summed E-state index contributed by atoms with van der Waals surface area (Å²) >= 11 is 0. The molecule has 0 bridgehead atoms. The van der Waals surface area contributed by atoms with Gasteiger partial charge in [0.2, 0.25) is 0 Å². The summed E-state index contributed by atoms with van der Waals surface area (Å²) in [4.78, 5) is 2.51. The highest BCUT2D eigenvalue weighted by Crippen LogP contribution is 2.50. The third-order valence-corrected chi connectivity index (χ3v) is 3.88. The fraction of sp³-hybridized carbons (Fsp3) is 0.538. The van der Waals surface area contributed by atoms with Crippen molar-refractivity contribution in [3.05, 3.63) is 29.8 Å². The van der Waals surface area contributed by atoms with Crippen LogP contribution in [-0.2, 0) is 0 Å². The topological polar surface area (TPSA) is 29.3 Å². The molecule has 15 heavy (non-hydrogen) atoms. The minimum absolute atomic E-state index is 0.594. The first kappa shape index (κ1) is 9.22. The van der Waals surface area contributed by atoms with Crippen molar-refractivity contribution in [3.63, 3.8) is 0 Å². The smallest absolute Gasteiger partial charge is 0.0444 e. The van der Waals surface area contributed by atoms with Gasteiger partial charge in [-0.3, -0.25) is 0 Å². The van der Waals surface area contributed by atoms with Crippen LogP contribution >= 0.6 is 0 Å². The molecule has 0 amide bonds. The number of hydrogen-bond donors (Lipinski definition) is 1. The summed E-state index contributed by atoms with van der Waals surface area (Å²) in [7, 11) is 0. The summed E-state index contributed by atoms with van der Waals surface area (Å²) in [5.74, 6) is 1.81. The molecule has 3 unspecified atom stereocenters. The van der Waals surface area contributed by atoms with Crippen molar-refractivity contribution in [3.8, 4) is 0 Å². The Morgan fingerprint density at radius 3 is 3.07 bits per heavy atom. The Morgan fingerprint density at radius 1 is 1.47 bits per heavy atom. The molecule has 0 aromatic heterocycles. The second kappa shape index (κ2) is 3.24. The summed E-state index contributed by atoms with van der Waals surface area (Å²) in [6.07, 6.45) is 1.41. The number of fused-ring (bicyclic) bond motifs is 1. The molecule has 2 fully saturated rings. The molecular formula is C13H18N2. The van der Waals surface area contributed by atoms with Crippen molar-refractivity contribution in [2.75, 3.05) is 18.0 Å². The molecule has 80 valence electrons. The maximum atomic E-state index is 5.88. The van der Waals surface area contributed by atoms with Gasteiger partial charge in [0.25, 0.3) is 0 Å². The van der Waals surface area contributed by atoms with Crippen molar-refractivity contribution < 1.29 is 0 Å². The number of rotatable bonds is 2. The Labute approximate surface area is 91.1 Å². The SMILES string of the molecule is Cc1cccc(N2CC3CC3C2CN)c1. The second-order valence-corrected chi connectivity index (χ2v) is 4.95. The number of nitrogens with zero attached hydrogens (tertiary/aromatic N) is 1. The standard InChI is InChI=1S/C13H18N2/c1-9-3-2-4-11(5-9)15-8-10-6-12(10)13(15)7-14/h2-5,10,12-13H,6-8,14H2,1H3. The van der Waals surface area contributed by atoms with Crippen LogP contribution in [-0.4, -0.2) is 19.1 Å². The first-order valence-corrected chi connectivity index (χ1v) is 5.83. The van der Waals surface area contributed by atoms with Gasteiger partial charge in [0, 0.05) is 24.8 Å². The average Bonchev–Trinajstić information content (AvgIpc) is 2.90. The zero-order valence-electron chi connectivity index (χ0n) is 9.19. The molecule has 0 spiro atoms. The van der Waals surface area contributed by atoms with Gasteiger partial charge in [-0.25, -0.2) is 0 Å². The van der Waals surface area contributed by atoms with Crippen LogP contribution in [0.4, 0.5) is 5.69 Å². The molecule has 1 aliphatic heterocycles. The fourth-order valence-electron chi connectivity index (χ4n) is 2.98. The molecule has 2 N–H and O–H groups in total. The van der Waals surface area contributed by atoms with E-state index < -0.39 is 0 Å². The van der Waals surface area contributed by atoms with Crippen LogP contribution in [0, 0.1) is 18.8 Å². The van der Waals surface area contributed by atoms with Crippen LogP contribution in [0.5, 0.6) is 0 Å². The van der Waals surface area contributed by atoms with Gasteiger partial charge in [0.05, 0.1) is 0 Å². The quantitative estimate of drug-likeness (QED) is 0.792. The van der Waals surface area contributed by atoms with Crippen LogP contribution in [0.1, 0.15) is 12.0 Å². The van der Waals surface area contributed by atoms with Gasteiger partial charge in [-0.05, 0) is 42.9 Å². The molecule has 3 atom stereocenters. The van der Waals surface area contributed by atoms with E-state index in [9.17, 15) is 0 Å². The highest BCUT2D eigenvalue weighted by molar-refractivity contribution is 5.52. The molecule has 1 saturated carbocycles. The van der Waals surface area contributed by atoms with E-state index in [0.717, 1.165) is 18.4 Å². The van der Waals surface area contributed by atoms with E-state index >= 15 is 0 Å². The first-order chi connectivity index (χ1) is 7.29. The maximum Gasteiger partial charge on any atom is 0.0444 e. The Hall–Kier alpha value is -1.02. The van der Waals surface area contributed by atoms with Gasteiger partial charge in [0.15, 0.2) is 0 Å². The van der Waals surface area contributed by atoms with Gasteiger partial charge in [0.1, 0.15) is 0 Å². The number of benzene rings is 1. The number of anilines is 1. The third-order valence-electron chi connectivity index (χ3n) is 3.88. The second-order valence-electron chi connectivity index (χ2n) is 4.95. The molecule has 2 heteroatoms. The highest BCUT2D eigenvalue weighted by atomic mass is 15.2. The largest absolute Gasteiger partial charge is 0.367 e. The van der Waals surface area contributed by atoms with E-state index in [0.29, 0.717) is 6.04 Å². The lowest BCUT2D eigenvalue weighted by Crippen LogP contribution is -2.38. The minimum atomic E-state index is 0.594. The van der Waals surface area contributed by atoms with Crippen molar-refractivity contribution >= 4 is 5.69 Å². The van der Waals surface area contributed by atoms with Gasteiger partial charge in [-0.15, -0.1) is 0 Å². The van der Waals surface area contributed by atoms with Gasteiger partial charge in [-0.1, -0.05) is 12.1 Å². The van der Waals surface area contributed by atoms with Gasteiger partial charge >= 0.3 is 0 Å². The number of aryl methyl sites for hydroxylation is 1. The van der Waals surface area contributed by atoms with Gasteiger partial charge in [-0.2, -0.15) is 0 Å². The lowest BCUT2D eigenvalue weighted by molar-refractivity contribution is 0.605. The van der Waals surface area contributed by atoms with Crippen molar-refractivity contribution in [2.24, 2.45) is 17.6 Å². The Kier molecular flexibility index (Phi) is 1.99. The first-order valence-electron chi connectivity index (χ1n) is 5.83. The molecule has 1 aromatic rings. The number of nitrogens with two attached hydrogens (primary N) is 1. The molecule has 2 nitrogen and oxygen atoms in total. The van der Waals surface area contributed by atoms with Crippen LogP contribution in [0.2, 0.25) is 0 Å².